The van der Waals surface area contributed by atoms with Crippen molar-refractivity contribution in [2.75, 3.05) is 12.9 Å². The number of nitrogens with zero attached hydrogens (tertiary/aromatic N) is 1. The molecule has 1 heterocycles. The first kappa shape index (κ1) is 14.8. The highest BCUT2D eigenvalue weighted by Crippen LogP contribution is 2.38. The van der Waals surface area contributed by atoms with Crippen molar-refractivity contribution in [2.45, 2.75) is 44.7 Å². The topological polar surface area (TPSA) is 33.6 Å². The van der Waals surface area contributed by atoms with E-state index >= 15 is 0 Å². The zero-order valence-corrected chi connectivity index (χ0v) is 13.7. The molecule has 2 fully saturated rings. The molecule has 0 bridgehead atoms. The van der Waals surface area contributed by atoms with Gasteiger partial charge in [-0.05, 0) is 49.3 Å². The second-order valence-electron chi connectivity index (χ2n) is 6.35. The van der Waals surface area contributed by atoms with Crippen LogP contribution >= 0.6 is 11.8 Å². The third-order valence-electron chi connectivity index (χ3n) is 4.65. The van der Waals surface area contributed by atoms with Crippen molar-refractivity contribution in [1.82, 2.24) is 5.32 Å². The molecule has 0 atom stereocenters. The molecule has 4 heteroatoms. The van der Waals surface area contributed by atoms with Crippen molar-refractivity contribution in [3.8, 4) is 5.75 Å². The number of thioether (sulfide) groups is 1. The number of hydrogen-bond acceptors (Lipinski definition) is 3. The Balaban J connectivity index is 1.58. The van der Waals surface area contributed by atoms with E-state index in [1.165, 1.54) is 37.0 Å². The zero-order chi connectivity index (χ0) is 14.7. The van der Waals surface area contributed by atoms with Crippen LogP contribution in [0.1, 0.15) is 38.2 Å². The van der Waals surface area contributed by atoms with Gasteiger partial charge in [-0.2, -0.15) is 0 Å². The lowest BCUT2D eigenvalue weighted by molar-refractivity contribution is 0.251. The van der Waals surface area contributed by atoms with Crippen LogP contribution < -0.4 is 10.1 Å². The molecule has 1 saturated heterocycles. The predicted octanol–water partition coefficient (Wildman–Crippen LogP) is 3.84. The van der Waals surface area contributed by atoms with Crippen molar-refractivity contribution in [1.29, 1.82) is 0 Å². The van der Waals surface area contributed by atoms with Crippen LogP contribution in [-0.4, -0.2) is 23.6 Å². The molecule has 1 spiro atoms. The van der Waals surface area contributed by atoms with E-state index in [0.717, 1.165) is 23.4 Å². The number of methoxy groups -OCH3 is 1. The van der Waals surface area contributed by atoms with Gasteiger partial charge in [-0.25, -0.2) is 0 Å². The van der Waals surface area contributed by atoms with Crippen LogP contribution in [0.4, 0.5) is 0 Å². The second-order valence-corrected chi connectivity index (χ2v) is 7.31. The predicted molar refractivity (Wildman–Crippen MR) is 90.1 cm³/mol. The molecule has 2 aliphatic rings. The molecule has 0 amide bonds. The summed E-state index contributed by atoms with van der Waals surface area (Å²) in [7, 11) is 1.69. The maximum Gasteiger partial charge on any atom is 0.157 e. The van der Waals surface area contributed by atoms with Crippen molar-refractivity contribution >= 4 is 16.9 Å². The Morgan fingerprint density at radius 2 is 2.00 bits per heavy atom. The molecule has 1 aromatic carbocycles. The Kier molecular flexibility index (Phi) is 4.43. The summed E-state index contributed by atoms with van der Waals surface area (Å²) in [6, 6.07) is 8.16. The molecule has 3 nitrogen and oxygen atoms in total. The van der Waals surface area contributed by atoms with Gasteiger partial charge in [0.1, 0.15) is 5.75 Å². The van der Waals surface area contributed by atoms with Gasteiger partial charge >= 0.3 is 0 Å². The van der Waals surface area contributed by atoms with E-state index in [-0.39, 0.29) is 0 Å². The summed E-state index contributed by atoms with van der Waals surface area (Å²) in [4.78, 5) is 4.75. The molecule has 1 aliphatic carbocycles. The van der Waals surface area contributed by atoms with Crippen LogP contribution in [0.2, 0.25) is 0 Å². The molecule has 1 N–H and O–H groups in total. The summed E-state index contributed by atoms with van der Waals surface area (Å²) in [6.45, 7) is 3.11. The van der Waals surface area contributed by atoms with Crippen LogP contribution in [-0.2, 0) is 6.54 Å². The van der Waals surface area contributed by atoms with Crippen molar-refractivity contribution in [3.05, 3.63) is 29.8 Å². The van der Waals surface area contributed by atoms with Gasteiger partial charge in [0.2, 0.25) is 0 Å². The highest BCUT2D eigenvalue weighted by atomic mass is 32.2. The quantitative estimate of drug-likeness (QED) is 0.921. The molecule has 1 aliphatic heterocycles. The normalized spacial score (nSPS) is 30.6. The fourth-order valence-corrected chi connectivity index (χ4v) is 4.29. The standard InChI is InChI=1S/C17H24N2OS/c1-13-7-9-17(10-8-13)12-21-16(19-17)18-11-14-3-5-15(20-2)6-4-14/h3-6,13H,7-12H2,1-2H3,(H,18,19). The number of hydrogen-bond donors (Lipinski definition) is 1. The van der Waals surface area contributed by atoms with E-state index in [1.807, 2.05) is 23.9 Å². The largest absolute Gasteiger partial charge is 0.497 e. The lowest BCUT2D eigenvalue weighted by Gasteiger charge is -2.35. The van der Waals surface area contributed by atoms with Crippen molar-refractivity contribution < 1.29 is 4.74 Å². The summed E-state index contributed by atoms with van der Waals surface area (Å²) in [5.74, 6) is 2.97. The van der Waals surface area contributed by atoms with Crippen molar-refractivity contribution in [2.24, 2.45) is 10.9 Å². The van der Waals surface area contributed by atoms with Crippen molar-refractivity contribution in [3.63, 3.8) is 0 Å². The minimum Gasteiger partial charge on any atom is -0.497 e. The minimum absolute atomic E-state index is 0.329. The maximum absolute atomic E-state index is 5.18. The number of aliphatic imine (C=N–C) groups is 1. The van der Waals surface area contributed by atoms with Crippen LogP contribution in [0.15, 0.2) is 29.3 Å². The smallest absolute Gasteiger partial charge is 0.157 e. The highest BCUT2D eigenvalue weighted by Gasteiger charge is 2.39. The molecule has 1 aromatic rings. The Morgan fingerprint density at radius 1 is 1.29 bits per heavy atom. The van der Waals surface area contributed by atoms with Crippen LogP contribution in [0.3, 0.4) is 0 Å². The first-order valence-corrected chi connectivity index (χ1v) is 8.76. The van der Waals surface area contributed by atoms with Gasteiger partial charge < -0.3 is 10.1 Å². The Labute approximate surface area is 131 Å². The van der Waals surface area contributed by atoms with Gasteiger partial charge in [0, 0.05) is 11.3 Å². The van der Waals surface area contributed by atoms with Crippen LogP contribution in [0, 0.1) is 5.92 Å². The maximum atomic E-state index is 5.18. The van der Waals surface area contributed by atoms with E-state index < -0.39 is 0 Å². The average Bonchev–Trinajstić information content (AvgIpc) is 2.92. The number of benzene rings is 1. The van der Waals surface area contributed by atoms with Gasteiger partial charge in [-0.3, -0.25) is 4.99 Å². The van der Waals surface area contributed by atoms with Crippen LogP contribution in [0.5, 0.6) is 5.75 Å². The molecule has 21 heavy (non-hydrogen) atoms. The molecule has 114 valence electrons. The first-order valence-electron chi connectivity index (χ1n) is 7.77. The zero-order valence-electron chi connectivity index (χ0n) is 12.9. The third-order valence-corrected chi connectivity index (χ3v) is 5.85. The van der Waals surface area contributed by atoms with Gasteiger partial charge in [0.25, 0.3) is 0 Å². The molecule has 3 rings (SSSR count). The fourth-order valence-electron chi connectivity index (χ4n) is 3.07. The number of rotatable bonds is 3. The van der Waals surface area contributed by atoms with E-state index in [1.54, 1.807) is 7.11 Å². The van der Waals surface area contributed by atoms with E-state index in [2.05, 4.69) is 24.4 Å². The molecule has 0 aromatic heterocycles. The molecular formula is C17H24N2OS. The summed E-state index contributed by atoms with van der Waals surface area (Å²) in [5, 5.41) is 4.83. The first-order chi connectivity index (χ1) is 10.2. The highest BCUT2D eigenvalue weighted by molar-refractivity contribution is 8.14. The van der Waals surface area contributed by atoms with Gasteiger partial charge in [-0.1, -0.05) is 30.8 Å². The lowest BCUT2D eigenvalue weighted by atomic mass is 9.78. The van der Waals surface area contributed by atoms with E-state index in [0.29, 0.717) is 5.54 Å². The molecule has 0 unspecified atom stereocenters. The summed E-state index contributed by atoms with van der Waals surface area (Å²) < 4.78 is 5.18. The summed E-state index contributed by atoms with van der Waals surface area (Å²) in [5.41, 5.74) is 1.56. The Bertz CT molecular complexity index is 504. The molecule has 0 radical (unpaired) electrons. The Morgan fingerprint density at radius 3 is 2.67 bits per heavy atom. The van der Waals surface area contributed by atoms with E-state index in [4.69, 9.17) is 9.73 Å². The molecule has 1 saturated carbocycles. The molecular weight excluding hydrogens is 280 g/mol. The number of ether oxygens (including phenoxy) is 1. The Hall–Kier alpha value is -1.16. The van der Waals surface area contributed by atoms with Gasteiger partial charge in [-0.15, -0.1) is 0 Å². The average molecular weight is 304 g/mol. The fraction of sp³-hybridized carbons (Fsp3) is 0.588. The van der Waals surface area contributed by atoms with E-state index in [9.17, 15) is 0 Å². The second kappa shape index (κ2) is 6.30. The number of nitrogens with one attached hydrogen (secondary N) is 1. The summed E-state index contributed by atoms with van der Waals surface area (Å²) in [6.07, 6.45) is 5.28. The van der Waals surface area contributed by atoms with Crippen LogP contribution in [0.25, 0.3) is 0 Å². The third kappa shape index (κ3) is 3.54. The number of amidine groups is 1. The minimum atomic E-state index is 0.329. The summed E-state index contributed by atoms with van der Waals surface area (Å²) >= 11 is 1.89. The van der Waals surface area contributed by atoms with Gasteiger partial charge in [0.15, 0.2) is 5.17 Å². The lowest BCUT2D eigenvalue weighted by Crippen LogP contribution is -2.46. The monoisotopic (exact) mass is 304 g/mol. The SMILES string of the molecule is COc1ccc(CN=C2NC3(CCC(C)CC3)CS2)cc1. The van der Waals surface area contributed by atoms with Gasteiger partial charge in [0.05, 0.1) is 13.7 Å².